The fraction of sp³-hybridized carbons (Fsp3) is 0.438. The molecule has 3 N–H and O–H groups in total. The Morgan fingerprint density at radius 1 is 1.48 bits per heavy atom. The van der Waals surface area contributed by atoms with Crippen LogP contribution in [0.1, 0.15) is 39.7 Å². The molecule has 1 heterocycles. The molecular weight excluding hydrogens is 286 g/mol. The highest BCUT2D eigenvalue weighted by atomic mass is 35.5. The Labute approximate surface area is 130 Å². The largest absolute Gasteiger partial charge is 0.350 e. The van der Waals surface area contributed by atoms with Crippen LogP contribution in [0, 0.1) is 0 Å². The minimum absolute atomic E-state index is 0.181. The normalized spacial score (nSPS) is 17.8. The van der Waals surface area contributed by atoms with Crippen LogP contribution in [-0.2, 0) is 4.79 Å². The first-order valence-electron chi connectivity index (χ1n) is 7.11. The Morgan fingerprint density at radius 2 is 2.14 bits per heavy atom. The van der Waals surface area contributed by atoms with Gasteiger partial charge in [-0.15, -0.1) is 0 Å². The topological polar surface area (TPSA) is 58.4 Å². The van der Waals surface area contributed by atoms with Crippen LogP contribution in [-0.4, -0.2) is 17.5 Å². The van der Waals surface area contributed by atoms with Crippen LogP contribution in [0.3, 0.4) is 0 Å². The molecule has 0 aliphatic carbocycles. The molecule has 114 valence electrons. The zero-order valence-electron chi connectivity index (χ0n) is 12.9. The monoisotopic (exact) mass is 307 g/mol. The summed E-state index contributed by atoms with van der Waals surface area (Å²) in [5.74, 6) is 5.17. The number of carbonyl (C=O) groups excluding carboxylic acids is 1. The Hall–Kier alpha value is -1.52. The van der Waals surface area contributed by atoms with Crippen LogP contribution >= 0.6 is 11.6 Å². The van der Waals surface area contributed by atoms with Gasteiger partial charge >= 0.3 is 0 Å². The number of amides is 1. The summed E-state index contributed by atoms with van der Waals surface area (Å²) in [7, 11) is 0. The first kappa shape index (κ1) is 15.9. The van der Waals surface area contributed by atoms with E-state index in [-0.39, 0.29) is 17.5 Å². The van der Waals surface area contributed by atoms with Gasteiger partial charge < -0.3 is 4.90 Å². The van der Waals surface area contributed by atoms with Crippen LogP contribution in [0.4, 0.5) is 5.69 Å². The third-order valence-electron chi connectivity index (χ3n) is 3.98. The minimum atomic E-state index is -0.325. The van der Waals surface area contributed by atoms with Crippen molar-refractivity contribution in [1.29, 1.82) is 0 Å². The lowest BCUT2D eigenvalue weighted by molar-refractivity contribution is -0.122. The highest BCUT2D eigenvalue weighted by Crippen LogP contribution is 2.41. The van der Waals surface area contributed by atoms with Gasteiger partial charge in [-0.2, -0.15) is 0 Å². The molecule has 1 aromatic rings. The number of halogens is 1. The number of carbonyl (C=O) groups is 1. The van der Waals surface area contributed by atoms with Gasteiger partial charge in [-0.3, -0.25) is 10.2 Å². The van der Waals surface area contributed by atoms with Gasteiger partial charge in [-0.25, -0.2) is 5.84 Å². The van der Waals surface area contributed by atoms with Gasteiger partial charge in [0.2, 0.25) is 0 Å². The molecule has 0 fully saturated rings. The summed E-state index contributed by atoms with van der Waals surface area (Å²) in [6.45, 7) is 8.25. The number of hydrogen-bond donors (Lipinski definition) is 2. The minimum Gasteiger partial charge on any atom is -0.350 e. The summed E-state index contributed by atoms with van der Waals surface area (Å²) in [6, 6.07) is 5.45. The first-order valence-corrected chi connectivity index (χ1v) is 7.48. The van der Waals surface area contributed by atoms with Crippen molar-refractivity contribution in [3.8, 4) is 0 Å². The molecule has 1 atom stereocenters. The Morgan fingerprint density at radius 3 is 2.71 bits per heavy atom. The van der Waals surface area contributed by atoms with Gasteiger partial charge in [-0.05, 0) is 51.0 Å². The molecule has 0 radical (unpaired) electrons. The van der Waals surface area contributed by atoms with Gasteiger partial charge in [-0.1, -0.05) is 24.6 Å². The second-order valence-corrected chi connectivity index (χ2v) is 6.38. The Bertz CT molecular complexity index is 595. The third kappa shape index (κ3) is 2.78. The zero-order chi connectivity index (χ0) is 15.8. The van der Waals surface area contributed by atoms with Crippen molar-refractivity contribution < 1.29 is 4.79 Å². The van der Waals surface area contributed by atoms with E-state index in [2.05, 4.69) is 37.2 Å². The maximum absolute atomic E-state index is 12.2. The summed E-state index contributed by atoms with van der Waals surface area (Å²) in [5, 5.41) is 0.692. The first-order chi connectivity index (χ1) is 9.81. The molecule has 0 saturated heterocycles. The summed E-state index contributed by atoms with van der Waals surface area (Å²) in [5.41, 5.74) is 5.24. The second kappa shape index (κ2) is 5.70. The van der Waals surface area contributed by atoms with Crippen molar-refractivity contribution in [2.75, 3.05) is 4.90 Å². The molecular formula is C16H22ClN3O. The van der Waals surface area contributed by atoms with Crippen molar-refractivity contribution in [3.05, 3.63) is 34.9 Å². The van der Waals surface area contributed by atoms with E-state index >= 15 is 0 Å². The van der Waals surface area contributed by atoms with Gasteiger partial charge in [0, 0.05) is 16.3 Å². The van der Waals surface area contributed by atoms with Crippen molar-refractivity contribution in [2.45, 2.75) is 45.7 Å². The van der Waals surface area contributed by atoms with Crippen LogP contribution in [0.25, 0.3) is 5.57 Å². The maximum atomic E-state index is 12.2. The van der Waals surface area contributed by atoms with Crippen LogP contribution in [0.2, 0.25) is 5.02 Å². The molecule has 0 saturated carbocycles. The van der Waals surface area contributed by atoms with Gasteiger partial charge in [0.25, 0.3) is 5.91 Å². The number of allylic oxidation sites excluding steroid dienone is 1. The van der Waals surface area contributed by atoms with Crippen molar-refractivity contribution >= 4 is 28.8 Å². The van der Waals surface area contributed by atoms with E-state index in [4.69, 9.17) is 17.4 Å². The van der Waals surface area contributed by atoms with E-state index in [0.29, 0.717) is 11.4 Å². The Kier molecular flexibility index (Phi) is 4.30. The summed E-state index contributed by atoms with van der Waals surface area (Å²) in [4.78, 5) is 14.3. The quantitative estimate of drug-likeness (QED) is 0.512. The fourth-order valence-electron chi connectivity index (χ4n) is 3.17. The van der Waals surface area contributed by atoms with E-state index in [1.807, 2.05) is 25.1 Å². The number of fused-ring (bicyclic) bond motifs is 1. The Balaban J connectivity index is 2.62. The van der Waals surface area contributed by atoms with Gasteiger partial charge in [0.05, 0.1) is 5.54 Å². The van der Waals surface area contributed by atoms with Crippen LogP contribution < -0.4 is 16.2 Å². The number of hydrogen-bond acceptors (Lipinski definition) is 3. The molecule has 0 spiro atoms. The summed E-state index contributed by atoms with van der Waals surface area (Å²) >= 11 is 6.12. The van der Waals surface area contributed by atoms with E-state index in [0.717, 1.165) is 16.8 Å². The molecule has 0 aromatic heterocycles. The van der Waals surface area contributed by atoms with Crippen molar-refractivity contribution in [1.82, 2.24) is 5.43 Å². The SMILES string of the molecule is CC[C@@H](C(=O)NN)N1c2ccc(Cl)cc2C(C)=CC1(C)C. The van der Waals surface area contributed by atoms with Gasteiger partial charge in [0.15, 0.2) is 0 Å². The second-order valence-electron chi connectivity index (χ2n) is 5.95. The molecule has 0 bridgehead atoms. The molecule has 5 heteroatoms. The third-order valence-corrected chi connectivity index (χ3v) is 4.21. The van der Waals surface area contributed by atoms with Crippen LogP contribution in [0.15, 0.2) is 24.3 Å². The molecule has 21 heavy (non-hydrogen) atoms. The smallest absolute Gasteiger partial charge is 0.256 e. The molecule has 1 aliphatic heterocycles. The summed E-state index contributed by atoms with van der Waals surface area (Å²) in [6.07, 6.45) is 2.83. The molecule has 1 aliphatic rings. The molecule has 1 aromatic carbocycles. The fourth-order valence-corrected chi connectivity index (χ4v) is 3.34. The van der Waals surface area contributed by atoms with Crippen molar-refractivity contribution in [2.24, 2.45) is 5.84 Å². The standard InChI is InChI=1S/C16H22ClN3O/c1-5-13(15(21)19-18)20-14-7-6-11(17)8-12(14)10(2)9-16(20,3)4/h6-9,13H,5,18H2,1-4H3,(H,19,21)/t13-/m0/s1. The number of anilines is 1. The highest BCUT2D eigenvalue weighted by Gasteiger charge is 2.38. The number of nitrogens with one attached hydrogen (secondary N) is 1. The van der Waals surface area contributed by atoms with Crippen molar-refractivity contribution in [3.63, 3.8) is 0 Å². The lowest BCUT2D eigenvalue weighted by Gasteiger charge is -2.46. The molecule has 4 nitrogen and oxygen atoms in total. The predicted molar refractivity (Wildman–Crippen MR) is 88.1 cm³/mol. The number of benzene rings is 1. The average Bonchev–Trinajstić information content (AvgIpc) is 2.42. The molecule has 2 rings (SSSR count). The zero-order valence-corrected chi connectivity index (χ0v) is 13.7. The van der Waals surface area contributed by atoms with E-state index in [1.165, 1.54) is 0 Å². The lowest BCUT2D eigenvalue weighted by Crippen LogP contribution is -2.57. The highest BCUT2D eigenvalue weighted by molar-refractivity contribution is 6.30. The molecule has 1 amide bonds. The maximum Gasteiger partial charge on any atom is 0.256 e. The average molecular weight is 308 g/mol. The van der Waals surface area contributed by atoms with E-state index in [1.54, 1.807) is 0 Å². The number of nitrogens with two attached hydrogens (primary N) is 1. The van der Waals surface area contributed by atoms with Crippen LogP contribution in [0.5, 0.6) is 0 Å². The lowest BCUT2D eigenvalue weighted by atomic mass is 9.86. The summed E-state index contributed by atoms with van der Waals surface area (Å²) < 4.78 is 0. The van der Waals surface area contributed by atoms with E-state index in [9.17, 15) is 4.79 Å². The van der Waals surface area contributed by atoms with Gasteiger partial charge in [0.1, 0.15) is 6.04 Å². The number of hydrazine groups is 1. The molecule has 0 unspecified atom stereocenters. The van der Waals surface area contributed by atoms with E-state index < -0.39 is 0 Å². The number of rotatable bonds is 3. The number of nitrogens with zero attached hydrogens (tertiary/aromatic N) is 1. The predicted octanol–water partition coefficient (Wildman–Crippen LogP) is 3.11.